The summed E-state index contributed by atoms with van der Waals surface area (Å²) in [4.78, 5) is 0. The number of halogens is 1. The molecule has 1 aromatic rings. The molecule has 0 aliphatic heterocycles. The van der Waals surface area contributed by atoms with Crippen LogP contribution in [0.15, 0.2) is 24.8 Å². The van der Waals surface area contributed by atoms with Gasteiger partial charge in [-0.3, -0.25) is 0 Å². The molecule has 0 N–H and O–H groups in total. The molecule has 0 radical (unpaired) electrons. The molecule has 1 atom stereocenters. The molecule has 0 amide bonds. The summed E-state index contributed by atoms with van der Waals surface area (Å²) in [5.74, 6) is 0.933. The van der Waals surface area contributed by atoms with Crippen LogP contribution >= 0.6 is 22.6 Å². The lowest BCUT2D eigenvalue weighted by Gasteiger charge is -2.11. The number of aryl methyl sites for hydroxylation is 1. The van der Waals surface area contributed by atoms with Crippen LogP contribution in [0.5, 0.6) is 5.75 Å². The van der Waals surface area contributed by atoms with Crippen LogP contribution in [0, 0.1) is 0 Å². The quantitative estimate of drug-likeness (QED) is 0.552. The van der Waals surface area contributed by atoms with Gasteiger partial charge < -0.3 is 4.74 Å². The Morgan fingerprint density at radius 3 is 2.81 bits per heavy atom. The molecule has 1 rings (SSSR count). The maximum absolute atomic E-state index is 5.25. The monoisotopic (exact) mass is 330 g/mol. The van der Waals surface area contributed by atoms with Gasteiger partial charge in [-0.1, -0.05) is 48.2 Å². The average molecular weight is 330 g/mol. The first kappa shape index (κ1) is 13.6. The second-order valence-electron chi connectivity index (χ2n) is 3.81. The Kier molecular flexibility index (Phi) is 5.88. The van der Waals surface area contributed by atoms with Gasteiger partial charge in [-0.25, -0.2) is 0 Å². The number of methoxy groups -OCH3 is 1. The van der Waals surface area contributed by atoms with E-state index in [0.717, 1.165) is 16.1 Å². The third-order valence-corrected chi connectivity index (χ3v) is 4.24. The largest absolute Gasteiger partial charge is 0.497 e. The Hall–Kier alpha value is -0.510. The SMILES string of the molecule is C=Cc1ccc(OC)cc1CCC(I)CC. The Morgan fingerprint density at radius 1 is 1.50 bits per heavy atom. The van der Waals surface area contributed by atoms with Gasteiger partial charge in [0.2, 0.25) is 0 Å². The van der Waals surface area contributed by atoms with Crippen molar-refractivity contribution in [1.29, 1.82) is 0 Å². The fourth-order valence-corrected chi connectivity index (χ4v) is 1.95. The molecule has 0 saturated carbocycles. The van der Waals surface area contributed by atoms with Gasteiger partial charge in [0.05, 0.1) is 7.11 Å². The summed E-state index contributed by atoms with van der Waals surface area (Å²) in [5.41, 5.74) is 2.56. The van der Waals surface area contributed by atoms with Crippen LogP contribution in [-0.4, -0.2) is 11.0 Å². The maximum Gasteiger partial charge on any atom is 0.119 e. The van der Waals surface area contributed by atoms with E-state index in [-0.39, 0.29) is 0 Å². The van der Waals surface area contributed by atoms with Crippen molar-refractivity contribution in [3.05, 3.63) is 35.9 Å². The number of benzene rings is 1. The van der Waals surface area contributed by atoms with E-state index in [1.54, 1.807) is 7.11 Å². The second kappa shape index (κ2) is 6.94. The highest BCUT2D eigenvalue weighted by Gasteiger charge is 2.05. The van der Waals surface area contributed by atoms with E-state index < -0.39 is 0 Å². The van der Waals surface area contributed by atoms with Gasteiger partial charge in [0.1, 0.15) is 5.75 Å². The van der Waals surface area contributed by atoms with Gasteiger partial charge in [-0.15, -0.1) is 0 Å². The molecular formula is C14H19IO. The Balaban J connectivity index is 2.79. The topological polar surface area (TPSA) is 9.23 Å². The van der Waals surface area contributed by atoms with Crippen LogP contribution in [0.4, 0.5) is 0 Å². The van der Waals surface area contributed by atoms with E-state index in [4.69, 9.17) is 4.74 Å². The van der Waals surface area contributed by atoms with Crippen molar-refractivity contribution < 1.29 is 4.74 Å². The van der Waals surface area contributed by atoms with Crippen molar-refractivity contribution in [2.45, 2.75) is 30.1 Å². The van der Waals surface area contributed by atoms with Crippen LogP contribution in [0.1, 0.15) is 30.9 Å². The number of hydrogen-bond acceptors (Lipinski definition) is 1. The lowest BCUT2D eigenvalue weighted by molar-refractivity contribution is 0.414. The first-order chi connectivity index (χ1) is 7.71. The van der Waals surface area contributed by atoms with Crippen LogP contribution in [0.25, 0.3) is 6.08 Å². The van der Waals surface area contributed by atoms with E-state index >= 15 is 0 Å². The molecule has 2 heteroatoms. The summed E-state index contributed by atoms with van der Waals surface area (Å²) in [5, 5.41) is 0. The molecule has 1 unspecified atom stereocenters. The number of alkyl halides is 1. The summed E-state index contributed by atoms with van der Waals surface area (Å²) in [6.07, 6.45) is 5.46. The highest BCUT2D eigenvalue weighted by molar-refractivity contribution is 14.1. The van der Waals surface area contributed by atoms with E-state index in [0.29, 0.717) is 0 Å². The molecule has 0 bridgehead atoms. The smallest absolute Gasteiger partial charge is 0.119 e. The Bertz CT molecular complexity index is 347. The third kappa shape index (κ3) is 3.81. The fraction of sp³-hybridized carbons (Fsp3) is 0.429. The third-order valence-electron chi connectivity index (χ3n) is 2.74. The minimum atomic E-state index is 0.751. The minimum absolute atomic E-state index is 0.751. The van der Waals surface area contributed by atoms with Gasteiger partial charge in [-0.2, -0.15) is 0 Å². The molecule has 1 aromatic carbocycles. The lowest BCUT2D eigenvalue weighted by atomic mass is 10.0. The fourth-order valence-electron chi connectivity index (χ4n) is 1.64. The summed E-state index contributed by atoms with van der Waals surface area (Å²) >= 11 is 2.52. The molecule has 16 heavy (non-hydrogen) atoms. The number of hydrogen-bond donors (Lipinski definition) is 0. The van der Waals surface area contributed by atoms with E-state index in [9.17, 15) is 0 Å². The van der Waals surface area contributed by atoms with Crippen LogP contribution < -0.4 is 4.74 Å². The Labute approximate surface area is 112 Å². The molecule has 1 nitrogen and oxygen atoms in total. The minimum Gasteiger partial charge on any atom is -0.497 e. The van der Waals surface area contributed by atoms with Gasteiger partial charge >= 0.3 is 0 Å². The van der Waals surface area contributed by atoms with Gasteiger partial charge in [0.25, 0.3) is 0 Å². The van der Waals surface area contributed by atoms with Crippen LogP contribution in [-0.2, 0) is 6.42 Å². The predicted molar refractivity (Wildman–Crippen MR) is 79.5 cm³/mol. The Morgan fingerprint density at radius 2 is 2.25 bits per heavy atom. The molecule has 0 saturated heterocycles. The number of ether oxygens (including phenoxy) is 1. The normalized spacial score (nSPS) is 12.2. The maximum atomic E-state index is 5.25. The first-order valence-corrected chi connectivity index (χ1v) is 6.89. The van der Waals surface area contributed by atoms with Crippen molar-refractivity contribution in [2.75, 3.05) is 7.11 Å². The van der Waals surface area contributed by atoms with Crippen molar-refractivity contribution in [3.63, 3.8) is 0 Å². The molecule has 0 aliphatic carbocycles. The summed E-state index contributed by atoms with van der Waals surface area (Å²) in [6.45, 7) is 6.08. The zero-order valence-corrected chi connectivity index (χ0v) is 12.2. The first-order valence-electron chi connectivity index (χ1n) is 5.64. The van der Waals surface area contributed by atoms with Gasteiger partial charge in [0, 0.05) is 3.92 Å². The van der Waals surface area contributed by atoms with Gasteiger partial charge in [-0.05, 0) is 42.5 Å². The standard InChI is InChI=1S/C14H19IO/c1-4-11-7-9-14(16-3)10-12(11)6-8-13(15)5-2/h4,7,9-10,13H,1,5-6,8H2,2-3H3. The van der Waals surface area contributed by atoms with Crippen molar-refractivity contribution in [1.82, 2.24) is 0 Å². The molecule has 0 aliphatic rings. The molecule has 0 heterocycles. The molecular weight excluding hydrogens is 311 g/mol. The summed E-state index contributed by atoms with van der Waals surface area (Å²) < 4.78 is 6.00. The van der Waals surface area contributed by atoms with Crippen LogP contribution in [0.3, 0.4) is 0 Å². The van der Waals surface area contributed by atoms with E-state index in [1.807, 2.05) is 12.1 Å². The predicted octanol–water partition coefficient (Wildman–Crippen LogP) is 4.48. The number of rotatable bonds is 6. The summed E-state index contributed by atoms with van der Waals surface area (Å²) in [7, 11) is 1.71. The zero-order chi connectivity index (χ0) is 12.0. The average Bonchev–Trinajstić information content (AvgIpc) is 2.35. The van der Waals surface area contributed by atoms with Gasteiger partial charge in [0.15, 0.2) is 0 Å². The molecule has 0 spiro atoms. The zero-order valence-electron chi connectivity index (χ0n) is 10.0. The van der Waals surface area contributed by atoms with Crippen molar-refractivity contribution in [3.8, 4) is 5.75 Å². The van der Waals surface area contributed by atoms with Crippen LogP contribution in [0.2, 0.25) is 0 Å². The van der Waals surface area contributed by atoms with E-state index in [2.05, 4.69) is 48.2 Å². The second-order valence-corrected chi connectivity index (χ2v) is 5.57. The molecule has 88 valence electrons. The van der Waals surface area contributed by atoms with Crippen molar-refractivity contribution >= 4 is 28.7 Å². The highest BCUT2D eigenvalue weighted by atomic mass is 127. The summed E-state index contributed by atoms with van der Waals surface area (Å²) in [6, 6.07) is 6.19. The lowest BCUT2D eigenvalue weighted by Crippen LogP contribution is -1.99. The molecule has 0 fully saturated rings. The van der Waals surface area contributed by atoms with E-state index in [1.165, 1.54) is 24.0 Å². The van der Waals surface area contributed by atoms with Crippen molar-refractivity contribution in [2.24, 2.45) is 0 Å². The molecule has 0 aromatic heterocycles. The highest BCUT2D eigenvalue weighted by Crippen LogP contribution is 2.22.